The molecule has 0 saturated heterocycles. The molecule has 18 heavy (non-hydrogen) atoms. The Bertz CT molecular complexity index is 679. The van der Waals surface area contributed by atoms with Crippen molar-refractivity contribution >= 4 is 11.0 Å². The van der Waals surface area contributed by atoms with Crippen molar-refractivity contribution < 1.29 is 8.83 Å². The van der Waals surface area contributed by atoms with Crippen LogP contribution in [0.25, 0.3) is 22.5 Å². The topological polar surface area (TPSA) is 38.3 Å². The van der Waals surface area contributed by atoms with Crippen molar-refractivity contribution in [3.05, 3.63) is 47.7 Å². The molecule has 2 heterocycles. The van der Waals surface area contributed by atoms with Crippen LogP contribution < -0.4 is 5.32 Å². The van der Waals surface area contributed by atoms with E-state index >= 15 is 0 Å². The molecule has 3 rings (SSSR count). The van der Waals surface area contributed by atoms with E-state index in [1.54, 1.807) is 0 Å². The molecule has 1 aromatic carbocycles. The molecule has 0 aliphatic heterocycles. The summed E-state index contributed by atoms with van der Waals surface area (Å²) in [5, 5.41) is 4.17. The molecule has 3 nitrogen and oxygen atoms in total. The van der Waals surface area contributed by atoms with Gasteiger partial charge >= 0.3 is 0 Å². The van der Waals surface area contributed by atoms with Gasteiger partial charge in [0.05, 0.1) is 6.54 Å². The molecule has 0 saturated carbocycles. The minimum atomic E-state index is 0.721. The number of nitrogens with one attached hydrogen (secondary N) is 1. The fourth-order valence-electron chi connectivity index (χ4n) is 2.11. The molecule has 0 aliphatic rings. The second-order valence-electron chi connectivity index (χ2n) is 4.40. The molecule has 3 aromatic rings. The van der Waals surface area contributed by atoms with Crippen molar-refractivity contribution in [2.24, 2.45) is 0 Å². The summed E-state index contributed by atoms with van der Waals surface area (Å²) in [5.74, 6) is 2.46. The number of hydrogen-bond donors (Lipinski definition) is 1. The predicted molar refractivity (Wildman–Crippen MR) is 71.4 cm³/mol. The largest absolute Gasteiger partial charge is 0.456 e. The van der Waals surface area contributed by atoms with Crippen LogP contribution in [0.3, 0.4) is 0 Å². The lowest BCUT2D eigenvalue weighted by molar-refractivity contribution is 0.489. The smallest absolute Gasteiger partial charge is 0.170 e. The Labute approximate surface area is 105 Å². The van der Waals surface area contributed by atoms with Crippen LogP contribution in [0.1, 0.15) is 11.3 Å². The van der Waals surface area contributed by atoms with E-state index in [1.165, 1.54) is 0 Å². The molecule has 0 atom stereocenters. The first-order chi connectivity index (χ1) is 8.78. The highest BCUT2D eigenvalue weighted by molar-refractivity contribution is 5.84. The lowest BCUT2D eigenvalue weighted by Crippen LogP contribution is -2.03. The molecule has 1 N–H and O–H groups in total. The van der Waals surface area contributed by atoms with E-state index < -0.39 is 0 Å². The van der Waals surface area contributed by atoms with Crippen molar-refractivity contribution in [3.63, 3.8) is 0 Å². The zero-order valence-electron chi connectivity index (χ0n) is 10.5. The van der Waals surface area contributed by atoms with Crippen molar-refractivity contribution in [3.8, 4) is 11.5 Å². The summed E-state index contributed by atoms with van der Waals surface area (Å²) in [4.78, 5) is 0. The molecule has 92 valence electrons. The molecule has 0 radical (unpaired) electrons. The average Bonchev–Trinajstić information content (AvgIpc) is 2.96. The molecule has 0 unspecified atom stereocenters. The van der Waals surface area contributed by atoms with Gasteiger partial charge in [-0.05, 0) is 37.7 Å². The maximum Gasteiger partial charge on any atom is 0.170 e. The maximum absolute atomic E-state index is 5.86. The van der Waals surface area contributed by atoms with E-state index in [-0.39, 0.29) is 0 Å². The number of hydrogen-bond acceptors (Lipinski definition) is 3. The van der Waals surface area contributed by atoms with Crippen LogP contribution in [0, 0.1) is 6.92 Å². The van der Waals surface area contributed by atoms with Gasteiger partial charge in [0.2, 0.25) is 0 Å². The number of aryl methyl sites for hydroxylation is 1. The van der Waals surface area contributed by atoms with Crippen LogP contribution in [0.15, 0.2) is 45.2 Å². The van der Waals surface area contributed by atoms with Gasteiger partial charge < -0.3 is 14.2 Å². The Kier molecular flexibility index (Phi) is 2.68. The van der Waals surface area contributed by atoms with Gasteiger partial charge in [0.1, 0.15) is 11.3 Å². The third-order valence-corrected chi connectivity index (χ3v) is 3.00. The van der Waals surface area contributed by atoms with Crippen molar-refractivity contribution in [1.82, 2.24) is 5.32 Å². The maximum atomic E-state index is 5.86. The lowest BCUT2D eigenvalue weighted by atomic mass is 10.2. The van der Waals surface area contributed by atoms with Crippen molar-refractivity contribution in [2.45, 2.75) is 13.5 Å². The van der Waals surface area contributed by atoms with E-state index in [2.05, 4.69) is 5.32 Å². The third-order valence-electron chi connectivity index (χ3n) is 3.00. The number of benzene rings is 1. The van der Waals surface area contributed by atoms with Gasteiger partial charge in [0.15, 0.2) is 11.5 Å². The number of para-hydroxylation sites is 1. The van der Waals surface area contributed by atoms with E-state index in [0.717, 1.165) is 40.4 Å². The van der Waals surface area contributed by atoms with E-state index in [1.807, 2.05) is 50.4 Å². The molecule has 0 spiro atoms. The Morgan fingerprint density at radius 1 is 1.06 bits per heavy atom. The Hall–Kier alpha value is -2.00. The number of fused-ring (bicyclic) bond motifs is 1. The fraction of sp³-hybridized carbons (Fsp3) is 0.200. The van der Waals surface area contributed by atoms with Gasteiger partial charge in [-0.3, -0.25) is 0 Å². The normalized spacial score (nSPS) is 11.2. The van der Waals surface area contributed by atoms with Crippen molar-refractivity contribution in [1.29, 1.82) is 0 Å². The summed E-state index contributed by atoms with van der Waals surface area (Å²) >= 11 is 0. The van der Waals surface area contributed by atoms with Crippen LogP contribution in [-0.2, 0) is 6.54 Å². The summed E-state index contributed by atoms with van der Waals surface area (Å²) in [5.41, 5.74) is 2.07. The van der Waals surface area contributed by atoms with E-state index in [9.17, 15) is 0 Å². The minimum Gasteiger partial charge on any atom is -0.456 e. The standard InChI is InChI=1S/C15H15NO2/c1-10-4-3-5-11-8-14(18-15(10)11)13-7-6-12(17-13)9-16-2/h3-8,16H,9H2,1-2H3. The fourth-order valence-corrected chi connectivity index (χ4v) is 2.11. The van der Waals surface area contributed by atoms with Crippen LogP contribution in [0.4, 0.5) is 0 Å². The minimum absolute atomic E-state index is 0.721. The molecule has 0 amide bonds. The quantitative estimate of drug-likeness (QED) is 0.759. The zero-order valence-corrected chi connectivity index (χ0v) is 10.5. The van der Waals surface area contributed by atoms with E-state index in [0.29, 0.717) is 0 Å². The third kappa shape index (κ3) is 1.83. The summed E-state index contributed by atoms with van der Waals surface area (Å²) < 4.78 is 11.6. The zero-order chi connectivity index (χ0) is 12.5. The van der Waals surface area contributed by atoms with Gasteiger partial charge in [-0.1, -0.05) is 18.2 Å². The highest BCUT2D eigenvalue weighted by Gasteiger charge is 2.11. The Morgan fingerprint density at radius 3 is 2.72 bits per heavy atom. The molecular formula is C15H15NO2. The van der Waals surface area contributed by atoms with Gasteiger partial charge in [0, 0.05) is 5.39 Å². The highest BCUT2D eigenvalue weighted by Crippen LogP contribution is 2.30. The Morgan fingerprint density at radius 2 is 1.94 bits per heavy atom. The molecule has 0 aliphatic carbocycles. The van der Waals surface area contributed by atoms with Gasteiger partial charge in [-0.25, -0.2) is 0 Å². The lowest BCUT2D eigenvalue weighted by Gasteiger charge is -1.94. The van der Waals surface area contributed by atoms with Crippen molar-refractivity contribution in [2.75, 3.05) is 7.05 Å². The van der Waals surface area contributed by atoms with Gasteiger partial charge in [-0.2, -0.15) is 0 Å². The molecule has 0 fully saturated rings. The van der Waals surface area contributed by atoms with Gasteiger partial charge in [0.25, 0.3) is 0 Å². The first-order valence-corrected chi connectivity index (χ1v) is 6.01. The molecule has 0 bridgehead atoms. The van der Waals surface area contributed by atoms with Gasteiger partial charge in [-0.15, -0.1) is 0 Å². The SMILES string of the molecule is CNCc1ccc(-c2cc3cccc(C)c3o2)o1. The monoisotopic (exact) mass is 241 g/mol. The van der Waals surface area contributed by atoms with E-state index in [4.69, 9.17) is 8.83 Å². The predicted octanol–water partition coefficient (Wildman–Crippen LogP) is 3.72. The van der Waals surface area contributed by atoms with Crippen LogP contribution in [-0.4, -0.2) is 7.05 Å². The second-order valence-corrected chi connectivity index (χ2v) is 4.40. The average molecular weight is 241 g/mol. The summed E-state index contributed by atoms with van der Waals surface area (Å²) in [7, 11) is 1.90. The van der Waals surface area contributed by atoms with Crippen LogP contribution in [0.2, 0.25) is 0 Å². The first kappa shape index (κ1) is 11.1. The first-order valence-electron chi connectivity index (χ1n) is 6.01. The van der Waals surface area contributed by atoms with Crippen LogP contribution >= 0.6 is 0 Å². The summed E-state index contributed by atoms with van der Waals surface area (Å²) in [6.45, 7) is 2.77. The number of furan rings is 2. The Balaban J connectivity index is 2.05. The summed E-state index contributed by atoms with van der Waals surface area (Å²) in [6.07, 6.45) is 0. The summed E-state index contributed by atoms with van der Waals surface area (Å²) in [6, 6.07) is 12.1. The number of rotatable bonds is 3. The van der Waals surface area contributed by atoms with Crippen LogP contribution in [0.5, 0.6) is 0 Å². The second kappa shape index (κ2) is 4.35. The molecule has 3 heteroatoms. The highest BCUT2D eigenvalue weighted by atomic mass is 16.4. The molecular weight excluding hydrogens is 226 g/mol. The molecule has 2 aromatic heterocycles.